The number of sulfone groups is 1. The zero-order chi connectivity index (χ0) is 16.5. The molecule has 6 nitrogen and oxygen atoms in total. The predicted molar refractivity (Wildman–Crippen MR) is 84.4 cm³/mol. The summed E-state index contributed by atoms with van der Waals surface area (Å²) in [5, 5.41) is 0. The van der Waals surface area contributed by atoms with Crippen molar-refractivity contribution in [2.45, 2.75) is 25.1 Å². The number of amides is 1. The summed E-state index contributed by atoms with van der Waals surface area (Å²) in [6, 6.07) is 3.47. The van der Waals surface area contributed by atoms with Crippen molar-refractivity contribution in [2.24, 2.45) is 5.92 Å². The van der Waals surface area contributed by atoms with Crippen LogP contribution in [0.15, 0.2) is 16.5 Å². The highest BCUT2D eigenvalue weighted by atomic mass is 32.2. The van der Waals surface area contributed by atoms with Crippen LogP contribution in [0.3, 0.4) is 0 Å². The minimum absolute atomic E-state index is 0.164. The van der Waals surface area contributed by atoms with Crippen molar-refractivity contribution >= 4 is 15.7 Å². The summed E-state index contributed by atoms with van der Waals surface area (Å²) in [5.41, 5.74) is 0. The molecule has 1 fully saturated rings. The summed E-state index contributed by atoms with van der Waals surface area (Å²) in [4.78, 5) is 16.5. The highest BCUT2D eigenvalue weighted by Gasteiger charge is 2.36. The molecule has 0 radical (unpaired) electrons. The first-order valence-corrected chi connectivity index (χ1v) is 9.49. The zero-order valence-electron chi connectivity index (χ0n) is 13.6. The standard InChI is InChI=1S/C15H24N2O4S/c1-5-11-8-17(9-13(11)16(2)3)15(18)14-7-6-12(21-14)10-22(4,19)20/h6-7,11,13H,5,8-10H2,1-4H3. The Morgan fingerprint density at radius 2 is 2.05 bits per heavy atom. The first kappa shape index (κ1) is 17.0. The molecular formula is C15H24N2O4S. The molecule has 0 spiro atoms. The lowest BCUT2D eigenvalue weighted by Gasteiger charge is -2.23. The first-order valence-electron chi connectivity index (χ1n) is 7.43. The quantitative estimate of drug-likeness (QED) is 0.813. The van der Waals surface area contributed by atoms with Crippen LogP contribution in [0.4, 0.5) is 0 Å². The van der Waals surface area contributed by atoms with Gasteiger partial charge in [-0.2, -0.15) is 0 Å². The molecular weight excluding hydrogens is 304 g/mol. The Morgan fingerprint density at radius 1 is 1.36 bits per heavy atom. The van der Waals surface area contributed by atoms with E-state index in [1.54, 1.807) is 17.0 Å². The van der Waals surface area contributed by atoms with Crippen LogP contribution in [-0.2, 0) is 15.6 Å². The van der Waals surface area contributed by atoms with Gasteiger partial charge in [0.1, 0.15) is 11.5 Å². The number of nitrogens with zero attached hydrogens (tertiary/aromatic N) is 2. The smallest absolute Gasteiger partial charge is 0.289 e. The molecule has 124 valence electrons. The lowest BCUT2D eigenvalue weighted by atomic mass is 10.0. The van der Waals surface area contributed by atoms with Gasteiger partial charge >= 0.3 is 0 Å². The Balaban J connectivity index is 2.09. The molecule has 1 aromatic rings. The lowest BCUT2D eigenvalue weighted by Crippen LogP contribution is -2.36. The molecule has 22 heavy (non-hydrogen) atoms. The van der Waals surface area contributed by atoms with Gasteiger partial charge in [-0.05, 0) is 32.1 Å². The van der Waals surface area contributed by atoms with Crippen LogP contribution in [0, 0.1) is 5.92 Å². The van der Waals surface area contributed by atoms with Crippen molar-refractivity contribution in [1.82, 2.24) is 9.80 Å². The predicted octanol–water partition coefficient (Wildman–Crippen LogP) is 1.24. The highest BCUT2D eigenvalue weighted by molar-refractivity contribution is 7.89. The van der Waals surface area contributed by atoms with Gasteiger partial charge in [-0.1, -0.05) is 13.3 Å². The lowest BCUT2D eigenvalue weighted by molar-refractivity contribution is 0.0747. The Labute approximate surface area is 132 Å². The molecule has 0 aliphatic carbocycles. The van der Waals surface area contributed by atoms with Crippen molar-refractivity contribution in [3.05, 3.63) is 23.7 Å². The molecule has 0 bridgehead atoms. The maximum absolute atomic E-state index is 12.5. The van der Waals surface area contributed by atoms with Crippen LogP contribution in [0.25, 0.3) is 0 Å². The minimum atomic E-state index is -3.17. The molecule has 2 heterocycles. The average molecular weight is 328 g/mol. The maximum atomic E-state index is 12.5. The van der Waals surface area contributed by atoms with Gasteiger partial charge in [-0.3, -0.25) is 4.79 Å². The van der Waals surface area contributed by atoms with Gasteiger partial charge in [-0.15, -0.1) is 0 Å². The number of furan rings is 1. The molecule has 2 atom stereocenters. The number of likely N-dealkylation sites (N-methyl/N-ethyl adjacent to an activating group) is 1. The van der Waals surface area contributed by atoms with Crippen molar-refractivity contribution < 1.29 is 17.6 Å². The molecule has 0 N–H and O–H groups in total. The molecule has 2 rings (SSSR count). The second-order valence-electron chi connectivity index (χ2n) is 6.25. The van der Waals surface area contributed by atoms with E-state index in [2.05, 4.69) is 11.8 Å². The topological polar surface area (TPSA) is 70.8 Å². The molecule has 1 aromatic heterocycles. The van der Waals surface area contributed by atoms with Crippen LogP contribution < -0.4 is 0 Å². The Kier molecular flexibility index (Phi) is 4.97. The van der Waals surface area contributed by atoms with Crippen molar-refractivity contribution in [1.29, 1.82) is 0 Å². The van der Waals surface area contributed by atoms with Gasteiger partial charge in [0.2, 0.25) is 0 Å². The number of hydrogen-bond donors (Lipinski definition) is 0. The van der Waals surface area contributed by atoms with Gasteiger partial charge in [0, 0.05) is 25.4 Å². The first-order chi connectivity index (χ1) is 10.2. The molecule has 2 unspecified atom stereocenters. The van der Waals surface area contributed by atoms with E-state index in [1.807, 2.05) is 14.1 Å². The van der Waals surface area contributed by atoms with Crippen LogP contribution >= 0.6 is 0 Å². The van der Waals surface area contributed by atoms with Gasteiger partial charge in [0.05, 0.1) is 0 Å². The SMILES string of the molecule is CCC1CN(C(=O)c2ccc(CS(C)(=O)=O)o2)CC1N(C)C. The normalized spacial score (nSPS) is 22.5. The van der Waals surface area contributed by atoms with E-state index in [9.17, 15) is 13.2 Å². The number of hydrogen-bond acceptors (Lipinski definition) is 5. The number of likely N-dealkylation sites (tertiary alicyclic amines) is 1. The fraction of sp³-hybridized carbons (Fsp3) is 0.667. The fourth-order valence-electron chi connectivity index (χ4n) is 2.99. The van der Waals surface area contributed by atoms with Crippen LogP contribution in [0.2, 0.25) is 0 Å². The second kappa shape index (κ2) is 6.42. The van der Waals surface area contributed by atoms with Crippen molar-refractivity contribution in [3.63, 3.8) is 0 Å². The second-order valence-corrected chi connectivity index (χ2v) is 8.39. The largest absolute Gasteiger partial charge is 0.455 e. The van der Waals surface area contributed by atoms with E-state index in [1.165, 1.54) is 0 Å². The van der Waals surface area contributed by atoms with E-state index in [-0.39, 0.29) is 17.4 Å². The summed E-state index contributed by atoms with van der Waals surface area (Å²) in [6.07, 6.45) is 2.16. The summed E-state index contributed by atoms with van der Waals surface area (Å²) in [6.45, 7) is 3.51. The van der Waals surface area contributed by atoms with E-state index < -0.39 is 9.84 Å². The molecule has 0 saturated carbocycles. The zero-order valence-corrected chi connectivity index (χ0v) is 14.4. The third kappa shape index (κ3) is 3.89. The van der Waals surface area contributed by atoms with Crippen molar-refractivity contribution in [2.75, 3.05) is 33.4 Å². The molecule has 1 saturated heterocycles. The fourth-order valence-corrected chi connectivity index (χ4v) is 3.66. The molecule has 1 aliphatic heterocycles. The molecule has 1 amide bonds. The summed E-state index contributed by atoms with van der Waals surface area (Å²) in [7, 11) is 0.886. The van der Waals surface area contributed by atoms with E-state index in [0.29, 0.717) is 30.8 Å². The number of carbonyl (C=O) groups excluding carboxylic acids is 1. The van der Waals surface area contributed by atoms with Crippen LogP contribution in [-0.4, -0.2) is 63.6 Å². The van der Waals surface area contributed by atoms with E-state index in [4.69, 9.17) is 4.42 Å². The summed E-state index contributed by atoms with van der Waals surface area (Å²) in [5.74, 6) is 0.624. The van der Waals surface area contributed by atoms with Crippen LogP contribution in [0.1, 0.15) is 29.7 Å². The summed E-state index contributed by atoms with van der Waals surface area (Å²) >= 11 is 0. The minimum Gasteiger partial charge on any atom is -0.455 e. The van der Waals surface area contributed by atoms with Gasteiger partial charge < -0.3 is 14.2 Å². The highest BCUT2D eigenvalue weighted by Crippen LogP contribution is 2.25. The Bertz CT molecular complexity index is 636. The van der Waals surface area contributed by atoms with E-state index in [0.717, 1.165) is 12.7 Å². The number of rotatable bonds is 5. The average Bonchev–Trinajstić information content (AvgIpc) is 3.02. The third-order valence-electron chi connectivity index (χ3n) is 4.16. The number of carbonyl (C=O) groups is 1. The molecule has 1 aliphatic rings. The van der Waals surface area contributed by atoms with E-state index >= 15 is 0 Å². The molecule has 0 aromatic carbocycles. The van der Waals surface area contributed by atoms with Crippen LogP contribution in [0.5, 0.6) is 0 Å². The Morgan fingerprint density at radius 3 is 2.55 bits per heavy atom. The maximum Gasteiger partial charge on any atom is 0.289 e. The molecule has 7 heteroatoms. The summed E-state index contributed by atoms with van der Waals surface area (Å²) < 4.78 is 28.0. The van der Waals surface area contributed by atoms with Gasteiger partial charge in [0.25, 0.3) is 5.91 Å². The monoisotopic (exact) mass is 328 g/mol. The third-order valence-corrected chi connectivity index (χ3v) is 4.97. The Hall–Kier alpha value is -1.34. The van der Waals surface area contributed by atoms with Crippen molar-refractivity contribution in [3.8, 4) is 0 Å². The van der Waals surface area contributed by atoms with Gasteiger partial charge in [0.15, 0.2) is 15.6 Å². The van der Waals surface area contributed by atoms with Gasteiger partial charge in [-0.25, -0.2) is 8.42 Å².